The van der Waals surface area contributed by atoms with Gasteiger partial charge in [0.2, 0.25) is 0 Å². The average Bonchev–Trinajstić information content (AvgIpc) is 2.77. The normalized spacial score (nSPS) is 16.4. The van der Waals surface area contributed by atoms with E-state index in [1.54, 1.807) is 48.5 Å². The van der Waals surface area contributed by atoms with Crippen molar-refractivity contribution in [2.45, 2.75) is 16.8 Å². The molecule has 0 bridgehead atoms. The number of anilines is 1. The van der Waals surface area contributed by atoms with Crippen LogP contribution in [-0.4, -0.2) is 19.2 Å². The second-order valence-corrected chi connectivity index (χ2v) is 9.06. The van der Waals surface area contributed by atoms with E-state index in [1.165, 1.54) is 4.31 Å². The van der Waals surface area contributed by atoms with E-state index in [-0.39, 0.29) is 10.7 Å². The molecule has 0 saturated heterocycles. The molecule has 0 spiro atoms. The van der Waals surface area contributed by atoms with Crippen molar-refractivity contribution in [3.05, 3.63) is 83.9 Å². The molecule has 3 aromatic carbocycles. The Bertz CT molecular complexity index is 1140. The lowest BCUT2D eigenvalue weighted by molar-refractivity contribution is 0.0995. The van der Waals surface area contributed by atoms with Gasteiger partial charge in [0.25, 0.3) is 10.0 Å². The number of Topliss-reactive ketones (excluding diaryl/α,β-unsaturated/α-hetero) is 1. The molecule has 27 heavy (non-hydrogen) atoms. The second-order valence-electron chi connectivity index (χ2n) is 6.38. The monoisotopic (exact) mass is 441 g/mol. The number of ketones is 1. The van der Waals surface area contributed by atoms with Gasteiger partial charge in [-0.3, -0.25) is 4.79 Å². The summed E-state index contributed by atoms with van der Waals surface area (Å²) in [6.45, 7) is 1.89. The number of hydrogen-bond donors (Lipinski definition) is 0. The van der Waals surface area contributed by atoms with Gasteiger partial charge in [-0.25, -0.2) is 12.7 Å². The fourth-order valence-corrected chi connectivity index (χ4v) is 5.85. The number of carbonyl (C=O) groups excluding carboxylic acids is 1. The summed E-state index contributed by atoms with van der Waals surface area (Å²) >= 11 is 3.35. The third-order valence-electron chi connectivity index (χ3n) is 4.62. The Hall–Kier alpha value is -2.44. The molecule has 0 saturated carbocycles. The van der Waals surface area contributed by atoms with E-state index < -0.39 is 15.0 Å². The molecule has 1 atom stereocenters. The zero-order valence-electron chi connectivity index (χ0n) is 14.5. The van der Waals surface area contributed by atoms with Crippen LogP contribution < -0.4 is 4.31 Å². The molecule has 0 radical (unpaired) electrons. The highest BCUT2D eigenvalue weighted by atomic mass is 79.9. The summed E-state index contributed by atoms with van der Waals surface area (Å²) in [5.74, 6) is -0.294. The summed E-state index contributed by atoms with van der Waals surface area (Å²) in [6.07, 6.45) is 0. The van der Waals surface area contributed by atoms with Gasteiger partial charge in [0.05, 0.1) is 10.6 Å². The summed E-state index contributed by atoms with van der Waals surface area (Å²) in [7, 11) is -3.95. The molecule has 0 fully saturated rings. The minimum atomic E-state index is -3.95. The first-order valence-corrected chi connectivity index (χ1v) is 10.7. The van der Waals surface area contributed by atoms with Crippen LogP contribution in [0.25, 0.3) is 11.1 Å². The van der Waals surface area contributed by atoms with Gasteiger partial charge in [-0.15, -0.1) is 0 Å². The van der Waals surface area contributed by atoms with Crippen LogP contribution in [0.3, 0.4) is 0 Å². The van der Waals surface area contributed by atoms with E-state index in [2.05, 4.69) is 15.9 Å². The SMILES string of the molecule is Cc1ccc(S(=O)(=O)N2c3ccccc3-c3ccccc3C(=O)C2Br)cc1. The number of nitrogens with zero attached hydrogens (tertiary/aromatic N) is 1. The predicted octanol–water partition coefficient (Wildman–Crippen LogP) is 4.77. The Morgan fingerprint density at radius 2 is 1.37 bits per heavy atom. The van der Waals surface area contributed by atoms with E-state index in [0.29, 0.717) is 16.8 Å². The van der Waals surface area contributed by atoms with Crippen LogP contribution in [0, 0.1) is 6.92 Å². The number of fused-ring (bicyclic) bond motifs is 3. The molecule has 1 unspecified atom stereocenters. The topological polar surface area (TPSA) is 54.5 Å². The quantitative estimate of drug-likeness (QED) is 0.424. The molecule has 0 aromatic heterocycles. The van der Waals surface area contributed by atoms with Crippen molar-refractivity contribution >= 4 is 37.4 Å². The maximum absolute atomic E-state index is 13.5. The smallest absolute Gasteiger partial charge is 0.265 e. The number of hydrogen-bond acceptors (Lipinski definition) is 3. The molecule has 1 aliphatic heterocycles. The van der Waals surface area contributed by atoms with Gasteiger partial charge in [0.15, 0.2) is 10.7 Å². The highest BCUT2D eigenvalue weighted by Gasteiger charge is 2.39. The Labute approximate surface area is 166 Å². The van der Waals surface area contributed by atoms with E-state index in [4.69, 9.17) is 0 Å². The van der Waals surface area contributed by atoms with Crippen LogP contribution in [-0.2, 0) is 10.0 Å². The van der Waals surface area contributed by atoms with Crippen molar-refractivity contribution in [3.8, 4) is 11.1 Å². The van der Waals surface area contributed by atoms with Gasteiger partial charge in [-0.1, -0.05) is 76.1 Å². The highest BCUT2D eigenvalue weighted by Crippen LogP contribution is 2.42. The van der Waals surface area contributed by atoms with Crippen molar-refractivity contribution in [3.63, 3.8) is 0 Å². The molecule has 0 amide bonds. The number of halogens is 1. The summed E-state index contributed by atoms with van der Waals surface area (Å²) in [5, 5.41) is 0. The van der Waals surface area contributed by atoms with Crippen LogP contribution in [0.5, 0.6) is 0 Å². The molecule has 4 nitrogen and oxygen atoms in total. The zero-order chi connectivity index (χ0) is 19.2. The van der Waals surface area contributed by atoms with Crippen molar-refractivity contribution < 1.29 is 13.2 Å². The van der Waals surface area contributed by atoms with Crippen LogP contribution in [0.2, 0.25) is 0 Å². The summed E-state index contributed by atoms with van der Waals surface area (Å²) in [5.41, 5.74) is 3.36. The van der Waals surface area contributed by atoms with Crippen molar-refractivity contribution in [1.82, 2.24) is 0 Å². The molecule has 6 heteroatoms. The van der Waals surface area contributed by atoms with E-state index >= 15 is 0 Å². The van der Waals surface area contributed by atoms with Gasteiger partial charge in [0.1, 0.15) is 0 Å². The number of para-hydroxylation sites is 1. The Morgan fingerprint density at radius 3 is 2.04 bits per heavy atom. The molecule has 0 N–H and O–H groups in total. The number of carbonyl (C=O) groups is 1. The predicted molar refractivity (Wildman–Crippen MR) is 110 cm³/mol. The maximum Gasteiger partial charge on any atom is 0.265 e. The zero-order valence-corrected chi connectivity index (χ0v) is 16.9. The molecule has 4 rings (SSSR count). The Morgan fingerprint density at radius 1 is 0.815 bits per heavy atom. The fraction of sp³-hybridized carbons (Fsp3) is 0.0952. The molecule has 1 heterocycles. The lowest BCUT2D eigenvalue weighted by atomic mass is 9.97. The molecular weight excluding hydrogens is 426 g/mol. The Kier molecular flexibility index (Phi) is 4.40. The lowest BCUT2D eigenvalue weighted by Crippen LogP contribution is -2.41. The molecule has 0 aliphatic carbocycles. The van der Waals surface area contributed by atoms with Crippen molar-refractivity contribution in [2.75, 3.05) is 4.31 Å². The van der Waals surface area contributed by atoms with Gasteiger partial charge < -0.3 is 0 Å². The summed E-state index contributed by atoms with van der Waals surface area (Å²) < 4.78 is 28.1. The van der Waals surface area contributed by atoms with Gasteiger partial charge in [-0.05, 0) is 30.7 Å². The molecule has 136 valence electrons. The van der Waals surface area contributed by atoms with Crippen molar-refractivity contribution in [2.24, 2.45) is 0 Å². The van der Waals surface area contributed by atoms with Crippen LogP contribution >= 0.6 is 15.9 Å². The summed E-state index contributed by atoms with van der Waals surface area (Å²) in [6, 6.07) is 21.0. The number of alkyl halides is 1. The van der Waals surface area contributed by atoms with Gasteiger partial charge in [0, 0.05) is 11.1 Å². The number of aryl methyl sites for hydroxylation is 1. The number of sulfonamides is 1. The largest absolute Gasteiger partial charge is 0.291 e. The van der Waals surface area contributed by atoms with Crippen LogP contribution in [0.1, 0.15) is 15.9 Å². The Balaban J connectivity index is 1.99. The van der Waals surface area contributed by atoms with Gasteiger partial charge >= 0.3 is 0 Å². The second kappa shape index (κ2) is 6.62. The van der Waals surface area contributed by atoms with E-state index in [1.807, 2.05) is 31.2 Å². The highest BCUT2D eigenvalue weighted by molar-refractivity contribution is 9.10. The van der Waals surface area contributed by atoms with Crippen molar-refractivity contribution in [1.29, 1.82) is 0 Å². The number of rotatable bonds is 2. The van der Waals surface area contributed by atoms with E-state index in [9.17, 15) is 13.2 Å². The fourth-order valence-electron chi connectivity index (χ4n) is 3.26. The van der Waals surface area contributed by atoms with Crippen LogP contribution in [0.15, 0.2) is 77.7 Å². The third kappa shape index (κ3) is 2.89. The first-order chi connectivity index (χ1) is 12.9. The lowest BCUT2D eigenvalue weighted by Gasteiger charge is -2.28. The minimum Gasteiger partial charge on any atom is -0.291 e. The van der Waals surface area contributed by atoms with E-state index in [0.717, 1.165) is 11.1 Å². The first kappa shape index (κ1) is 17.9. The number of benzene rings is 3. The molecular formula is C21H16BrNO3S. The third-order valence-corrected chi connectivity index (χ3v) is 7.51. The maximum atomic E-state index is 13.5. The van der Waals surface area contributed by atoms with Gasteiger partial charge in [-0.2, -0.15) is 0 Å². The first-order valence-electron chi connectivity index (χ1n) is 8.39. The molecule has 3 aromatic rings. The van der Waals surface area contributed by atoms with Crippen LogP contribution in [0.4, 0.5) is 5.69 Å². The average molecular weight is 442 g/mol. The standard InChI is InChI=1S/C21H16BrNO3S/c1-14-10-12-15(13-11-14)27(25,26)23-19-9-5-4-7-17(19)16-6-2-3-8-18(16)20(24)21(23)22/h2-13,21H,1H3. The summed E-state index contributed by atoms with van der Waals surface area (Å²) in [4.78, 5) is 12.2. The minimum absolute atomic E-state index is 0.145. The molecule has 1 aliphatic rings.